The Labute approximate surface area is 132 Å². The molecule has 0 heterocycles. The molecule has 0 spiro atoms. The fourth-order valence-electron chi connectivity index (χ4n) is 2.44. The molecule has 2 aromatic carbocycles. The third-order valence-corrected chi connectivity index (χ3v) is 3.75. The van der Waals surface area contributed by atoms with Crippen LogP contribution in [0.15, 0.2) is 42.5 Å². The van der Waals surface area contributed by atoms with Gasteiger partial charge in [-0.2, -0.15) is 0 Å². The van der Waals surface area contributed by atoms with Gasteiger partial charge >= 0.3 is 0 Å². The summed E-state index contributed by atoms with van der Waals surface area (Å²) >= 11 is 6.04. The third-order valence-electron chi connectivity index (χ3n) is 3.52. The Morgan fingerprint density at radius 2 is 1.86 bits per heavy atom. The van der Waals surface area contributed by atoms with Gasteiger partial charge in [0.1, 0.15) is 5.75 Å². The zero-order chi connectivity index (χ0) is 15.2. The van der Waals surface area contributed by atoms with Crippen molar-refractivity contribution in [3.05, 3.63) is 64.2 Å². The smallest absolute Gasteiger partial charge is 0.119 e. The molecule has 112 valence electrons. The molecule has 0 aliphatic heterocycles. The van der Waals surface area contributed by atoms with Crippen LogP contribution in [0.5, 0.6) is 5.75 Å². The molecule has 0 aromatic heterocycles. The minimum absolute atomic E-state index is 0.155. The van der Waals surface area contributed by atoms with E-state index in [9.17, 15) is 0 Å². The molecule has 0 saturated heterocycles. The lowest BCUT2D eigenvalue weighted by molar-refractivity contribution is 0.317. The van der Waals surface area contributed by atoms with E-state index in [4.69, 9.17) is 16.3 Å². The molecule has 0 aliphatic rings. The maximum absolute atomic E-state index is 6.04. The van der Waals surface area contributed by atoms with Crippen molar-refractivity contribution in [3.63, 3.8) is 0 Å². The van der Waals surface area contributed by atoms with E-state index in [1.165, 1.54) is 16.7 Å². The molecular weight excluding hydrogens is 282 g/mol. The number of halogens is 1. The van der Waals surface area contributed by atoms with Crippen molar-refractivity contribution < 1.29 is 4.74 Å². The Bertz CT molecular complexity index is 580. The molecule has 1 atom stereocenters. The summed E-state index contributed by atoms with van der Waals surface area (Å²) in [6.45, 7) is 4.95. The van der Waals surface area contributed by atoms with Gasteiger partial charge in [0.25, 0.3) is 0 Å². The van der Waals surface area contributed by atoms with Crippen LogP contribution in [-0.4, -0.2) is 13.7 Å². The number of aryl methyl sites for hydroxylation is 1. The van der Waals surface area contributed by atoms with E-state index in [0.29, 0.717) is 0 Å². The molecule has 21 heavy (non-hydrogen) atoms. The molecule has 0 fully saturated rings. The minimum Gasteiger partial charge on any atom is -0.494 e. The predicted octanol–water partition coefficient (Wildman–Crippen LogP) is 4.75. The lowest BCUT2D eigenvalue weighted by Crippen LogP contribution is -2.18. The number of hydrogen-bond acceptors (Lipinski definition) is 2. The van der Waals surface area contributed by atoms with Crippen molar-refractivity contribution in [2.45, 2.75) is 26.3 Å². The summed E-state index contributed by atoms with van der Waals surface area (Å²) in [6.07, 6.45) is 1.02. The van der Waals surface area contributed by atoms with E-state index in [0.717, 1.165) is 23.8 Å². The highest BCUT2D eigenvalue weighted by molar-refractivity contribution is 6.30. The monoisotopic (exact) mass is 303 g/mol. The number of nitrogens with one attached hydrogen (secondary N) is 1. The lowest BCUT2D eigenvalue weighted by Gasteiger charge is -2.20. The van der Waals surface area contributed by atoms with Crippen LogP contribution in [0.2, 0.25) is 5.02 Å². The van der Waals surface area contributed by atoms with E-state index >= 15 is 0 Å². The first-order valence-corrected chi connectivity index (χ1v) is 7.69. The number of rotatable bonds is 6. The van der Waals surface area contributed by atoms with Crippen LogP contribution in [0, 0.1) is 6.92 Å². The molecule has 3 heteroatoms. The van der Waals surface area contributed by atoms with E-state index < -0.39 is 0 Å². The Balaban J connectivity index is 2.24. The largest absolute Gasteiger partial charge is 0.494 e. The Kier molecular flexibility index (Phi) is 5.66. The quantitative estimate of drug-likeness (QED) is 0.832. The lowest BCUT2D eigenvalue weighted by atomic mass is 9.95. The highest BCUT2D eigenvalue weighted by Crippen LogP contribution is 2.27. The number of hydrogen-bond donors (Lipinski definition) is 1. The first-order valence-electron chi connectivity index (χ1n) is 7.31. The van der Waals surface area contributed by atoms with Crippen molar-refractivity contribution in [1.29, 1.82) is 0 Å². The summed E-state index contributed by atoms with van der Waals surface area (Å²) in [7, 11) is 1.97. The van der Waals surface area contributed by atoms with Crippen LogP contribution >= 0.6 is 11.6 Å². The molecule has 2 rings (SSSR count). The van der Waals surface area contributed by atoms with Gasteiger partial charge < -0.3 is 10.1 Å². The molecular formula is C18H22ClNO. The molecule has 2 nitrogen and oxygen atoms in total. The van der Waals surface area contributed by atoms with Crippen LogP contribution < -0.4 is 10.1 Å². The fraction of sp³-hybridized carbons (Fsp3) is 0.333. The Morgan fingerprint density at radius 1 is 1.14 bits per heavy atom. The second kappa shape index (κ2) is 7.48. The molecule has 1 N–H and O–H groups in total. The summed E-state index contributed by atoms with van der Waals surface area (Å²) in [6, 6.07) is 14.5. The summed E-state index contributed by atoms with van der Waals surface area (Å²) in [5, 5.41) is 4.15. The van der Waals surface area contributed by atoms with Crippen molar-refractivity contribution in [2.75, 3.05) is 13.7 Å². The zero-order valence-corrected chi connectivity index (χ0v) is 13.6. The molecule has 2 aromatic rings. The van der Waals surface area contributed by atoms with Gasteiger partial charge in [0, 0.05) is 5.02 Å². The van der Waals surface area contributed by atoms with Gasteiger partial charge in [0.2, 0.25) is 0 Å². The molecule has 0 saturated carbocycles. The highest BCUT2D eigenvalue weighted by Gasteiger charge is 2.14. The van der Waals surface area contributed by atoms with Crippen LogP contribution in [0.25, 0.3) is 0 Å². The van der Waals surface area contributed by atoms with Gasteiger partial charge in [-0.3, -0.25) is 0 Å². The summed E-state index contributed by atoms with van der Waals surface area (Å²) in [5.74, 6) is 0.920. The van der Waals surface area contributed by atoms with Gasteiger partial charge in [-0.1, -0.05) is 36.7 Å². The SMILES string of the molecule is CCCOc1ccc(C(NC)c2ccc(Cl)cc2C)cc1. The van der Waals surface area contributed by atoms with Crippen LogP contribution in [0.4, 0.5) is 0 Å². The molecule has 0 radical (unpaired) electrons. The standard InChI is InChI=1S/C18H22ClNO/c1-4-11-21-16-8-5-14(6-9-16)18(20-3)17-10-7-15(19)12-13(17)2/h5-10,12,18,20H,4,11H2,1-3H3. The van der Waals surface area contributed by atoms with E-state index in [1.54, 1.807) is 0 Å². The second-order valence-corrected chi connectivity index (χ2v) is 5.58. The maximum atomic E-state index is 6.04. The average molecular weight is 304 g/mol. The normalized spacial score (nSPS) is 12.2. The predicted molar refractivity (Wildman–Crippen MR) is 89.3 cm³/mol. The summed E-state index contributed by atoms with van der Waals surface area (Å²) in [5.41, 5.74) is 3.64. The Morgan fingerprint density at radius 3 is 2.43 bits per heavy atom. The molecule has 0 bridgehead atoms. The van der Waals surface area contributed by atoms with E-state index in [2.05, 4.69) is 37.4 Å². The maximum Gasteiger partial charge on any atom is 0.119 e. The first-order chi connectivity index (χ1) is 10.2. The zero-order valence-electron chi connectivity index (χ0n) is 12.8. The van der Waals surface area contributed by atoms with E-state index in [1.807, 2.05) is 31.3 Å². The highest BCUT2D eigenvalue weighted by atomic mass is 35.5. The van der Waals surface area contributed by atoms with Crippen molar-refractivity contribution in [2.24, 2.45) is 0 Å². The Hall–Kier alpha value is -1.51. The van der Waals surface area contributed by atoms with Crippen molar-refractivity contribution >= 4 is 11.6 Å². The summed E-state index contributed by atoms with van der Waals surface area (Å²) < 4.78 is 5.63. The fourth-order valence-corrected chi connectivity index (χ4v) is 2.67. The van der Waals surface area contributed by atoms with Crippen LogP contribution in [-0.2, 0) is 0 Å². The van der Waals surface area contributed by atoms with Crippen LogP contribution in [0.3, 0.4) is 0 Å². The minimum atomic E-state index is 0.155. The van der Waals surface area contributed by atoms with E-state index in [-0.39, 0.29) is 6.04 Å². The van der Waals surface area contributed by atoms with Crippen molar-refractivity contribution in [3.8, 4) is 5.75 Å². The molecule has 1 unspecified atom stereocenters. The van der Waals surface area contributed by atoms with Crippen molar-refractivity contribution in [1.82, 2.24) is 5.32 Å². The van der Waals surface area contributed by atoms with Gasteiger partial charge in [0.05, 0.1) is 12.6 Å². The average Bonchev–Trinajstić information content (AvgIpc) is 2.49. The topological polar surface area (TPSA) is 21.3 Å². The first kappa shape index (κ1) is 15.9. The number of benzene rings is 2. The van der Waals surface area contributed by atoms with Gasteiger partial charge in [-0.15, -0.1) is 0 Å². The summed E-state index contributed by atoms with van der Waals surface area (Å²) in [4.78, 5) is 0. The van der Waals surface area contributed by atoms with Gasteiger partial charge in [-0.25, -0.2) is 0 Å². The second-order valence-electron chi connectivity index (χ2n) is 5.14. The van der Waals surface area contributed by atoms with Gasteiger partial charge in [0.15, 0.2) is 0 Å². The third kappa shape index (κ3) is 3.99. The van der Waals surface area contributed by atoms with Gasteiger partial charge in [-0.05, 0) is 61.3 Å². The number of ether oxygens (including phenoxy) is 1. The van der Waals surface area contributed by atoms with Crippen LogP contribution in [0.1, 0.15) is 36.1 Å². The molecule has 0 aliphatic carbocycles. The molecule has 0 amide bonds.